The van der Waals surface area contributed by atoms with Gasteiger partial charge in [0.1, 0.15) is 5.25 Å². The number of hydrogen-bond donors (Lipinski definition) is 1. The third kappa shape index (κ3) is 5.46. The van der Waals surface area contributed by atoms with Crippen LogP contribution in [0.4, 0.5) is 0 Å². The van der Waals surface area contributed by atoms with Crippen LogP contribution in [0.25, 0.3) is 0 Å². The van der Waals surface area contributed by atoms with Crippen molar-refractivity contribution >= 4 is 17.7 Å². The van der Waals surface area contributed by atoms with E-state index in [2.05, 4.69) is 11.8 Å². The van der Waals surface area contributed by atoms with Gasteiger partial charge < -0.3 is 5.11 Å². The zero-order chi connectivity index (χ0) is 12.5. The molecule has 1 aromatic carbocycles. The van der Waals surface area contributed by atoms with Crippen molar-refractivity contribution in [2.24, 2.45) is 0 Å². The molecule has 0 heterocycles. The summed E-state index contributed by atoms with van der Waals surface area (Å²) in [5.74, 6) is 5.77. The highest BCUT2D eigenvalue weighted by atomic mass is 32.2. The van der Waals surface area contributed by atoms with Crippen molar-refractivity contribution in [3.63, 3.8) is 0 Å². The van der Waals surface area contributed by atoms with Crippen LogP contribution in [0.2, 0.25) is 0 Å². The first-order chi connectivity index (χ1) is 8.24. The topological polar surface area (TPSA) is 37.3 Å². The largest absolute Gasteiger partial charge is 0.480 e. The number of carbonyl (C=O) groups is 1. The lowest BCUT2D eigenvalue weighted by Crippen LogP contribution is -2.19. The summed E-state index contributed by atoms with van der Waals surface area (Å²) in [7, 11) is 0. The molecule has 1 atom stereocenters. The van der Waals surface area contributed by atoms with E-state index < -0.39 is 5.97 Å². The van der Waals surface area contributed by atoms with Gasteiger partial charge in [0.2, 0.25) is 0 Å². The molecule has 0 aliphatic carbocycles. The van der Waals surface area contributed by atoms with Gasteiger partial charge in [0.25, 0.3) is 0 Å². The highest BCUT2D eigenvalue weighted by Gasteiger charge is 2.17. The van der Waals surface area contributed by atoms with Gasteiger partial charge in [-0.3, -0.25) is 4.79 Å². The molecule has 3 heteroatoms. The number of benzene rings is 1. The Kier molecular flexibility index (Phi) is 6.27. The third-order valence-corrected chi connectivity index (χ3v) is 3.47. The maximum atomic E-state index is 11.1. The van der Waals surface area contributed by atoms with Crippen molar-refractivity contribution in [1.82, 2.24) is 0 Å². The smallest absolute Gasteiger partial charge is 0.316 e. The number of aliphatic carboxylic acids is 1. The van der Waals surface area contributed by atoms with Crippen LogP contribution in [0.3, 0.4) is 0 Å². The Morgan fingerprint density at radius 2 is 2.12 bits per heavy atom. The summed E-state index contributed by atoms with van der Waals surface area (Å²) in [5.41, 5.74) is 1.06. The molecule has 1 rings (SSSR count). The van der Waals surface area contributed by atoms with E-state index >= 15 is 0 Å². The van der Waals surface area contributed by atoms with E-state index in [1.807, 2.05) is 30.3 Å². The summed E-state index contributed by atoms with van der Waals surface area (Å²) in [5, 5.41) is 8.76. The summed E-state index contributed by atoms with van der Waals surface area (Å²) in [4.78, 5) is 11.1. The van der Waals surface area contributed by atoms with E-state index in [-0.39, 0.29) is 5.25 Å². The van der Waals surface area contributed by atoms with Gasteiger partial charge in [-0.25, -0.2) is 0 Å². The molecule has 0 spiro atoms. The van der Waals surface area contributed by atoms with E-state index in [1.165, 1.54) is 11.8 Å². The normalized spacial score (nSPS) is 11.4. The fraction of sp³-hybridized carbons (Fsp3) is 0.357. The van der Waals surface area contributed by atoms with Gasteiger partial charge in [-0.2, -0.15) is 0 Å². The summed E-state index contributed by atoms with van der Waals surface area (Å²) >= 11 is 1.46. The average Bonchev–Trinajstić information content (AvgIpc) is 2.34. The molecule has 1 aromatic rings. The average molecular weight is 248 g/mol. The minimum Gasteiger partial charge on any atom is -0.480 e. The fourth-order valence-electron chi connectivity index (χ4n) is 1.42. The molecule has 90 valence electrons. The van der Waals surface area contributed by atoms with E-state index in [4.69, 9.17) is 5.11 Å². The van der Waals surface area contributed by atoms with Gasteiger partial charge in [-0.1, -0.05) is 30.3 Å². The minimum atomic E-state index is -0.747. The van der Waals surface area contributed by atoms with Gasteiger partial charge in [0.15, 0.2) is 0 Å². The highest BCUT2D eigenvalue weighted by Crippen LogP contribution is 2.17. The first kappa shape index (κ1) is 13.7. The lowest BCUT2D eigenvalue weighted by atomic mass is 10.1. The van der Waals surface area contributed by atoms with Gasteiger partial charge in [0, 0.05) is 12.2 Å². The Morgan fingerprint density at radius 3 is 2.71 bits per heavy atom. The zero-order valence-corrected chi connectivity index (χ0v) is 10.7. The summed E-state index contributed by atoms with van der Waals surface area (Å²) < 4.78 is 0. The number of carboxylic acids is 1. The van der Waals surface area contributed by atoms with Crippen molar-refractivity contribution in [2.75, 3.05) is 5.75 Å². The Bertz CT molecular complexity index is 403. The molecule has 0 bridgehead atoms. The molecule has 0 saturated carbocycles. The van der Waals surface area contributed by atoms with Crippen LogP contribution in [0.1, 0.15) is 18.9 Å². The molecular weight excluding hydrogens is 232 g/mol. The predicted octanol–water partition coefficient (Wildman–Crippen LogP) is 2.83. The van der Waals surface area contributed by atoms with E-state index in [9.17, 15) is 4.79 Å². The summed E-state index contributed by atoms with van der Waals surface area (Å²) in [6.45, 7) is 1.79. The van der Waals surface area contributed by atoms with Gasteiger partial charge >= 0.3 is 5.97 Å². The lowest BCUT2D eigenvalue weighted by Gasteiger charge is -2.11. The monoisotopic (exact) mass is 248 g/mol. The SMILES string of the molecule is CC#CCCSC(Cc1ccccc1)C(=O)O. The molecule has 0 aromatic heterocycles. The van der Waals surface area contributed by atoms with Crippen LogP contribution in [0.15, 0.2) is 30.3 Å². The number of rotatable bonds is 6. The van der Waals surface area contributed by atoms with Gasteiger partial charge in [0.05, 0.1) is 0 Å². The van der Waals surface area contributed by atoms with E-state index in [0.717, 1.165) is 17.7 Å². The quantitative estimate of drug-likeness (QED) is 0.621. The summed E-state index contributed by atoms with van der Waals surface area (Å²) in [6, 6.07) is 9.72. The molecule has 2 nitrogen and oxygen atoms in total. The van der Waals surface area contributed by atoms with E-state index in [1.54, 1.807) is 6.92 Å². The molecule has 17 heavy (non-hydrogen) atoms. The number of carboxylic acid groups (broad SMARTS) is 1. The van der Waals surface area contributed by atoms with E-state index in [0.29, 0.717) is 6.42 Å². The first-order valence-electron chi connectivity index (χ1n) is 5.52. The van der Waals surface area contributed by atoms with Gasteiger partial charge in [-0.05, 0) is 18.9 Å². The van der Waals surface area contributed by atoms with Crippen molar-refractivity contribution in [3.8, 4) is 11.8 Å². The van der Waals surface area contributed by atoms with Crippen LogP contribution in [-0.4, -0.2) is 22.1 Å². The fourth-order valence-corrected chi connectivity index (χ4v) is 2.38. The second kappa shape index (κ2) is 7.81. The second-order valence-electron chi connectivity index (χ2n) is 3.56. The Hall–Kier alpha value is -1.40. The van der Waals surface area contributed by atoms with Crippen LogP contribution < -0.4 is 0 Å². The Morgan fingerprint density at radius 1 is 1.41 bits per heavy atom. The first-order valence-corrected chi connectivity index (χ1v) is 6.57. The Balaban J connectivity index is 2.48. The Labute approximate surface area is 106 Å². The molecule has 1 unspecified atom stereocenters. The van der Waals surface area contributed by atoms with Crippen molar-refractivity contribution in [1.29, 1.82) is 0 Å². The van der Waals surface area contributed by atoms with Crippen molar-refractivity contribution in [2.45, 2.75) is 25.0 Å². The zero-order valence-electron chi connectivity index (χ0n) is 9.85. The van der Waals surface area contributed by atoms with Crippen LogP contribution in [0, 0.1) is 11.8 Å². The van der Waals surface area contributed by atoms with Crippen LogP contribution in [-0.2, 0) is 11.2 Å². The maximum absolute atomic E-state index is 11.1. The second-order valence-corrected chi connectivity index (χ2v) is 4.87. The maximum Gasteiger partial charge on any atom is 0.316 e. The lowest BCUT2D eigenvalue weighted by molar-refractivity contribution is -0.136. The van der Waals surface area contributed by atoms with Crippen molar-refractivity contribution in [3.05, 3.63) is 35.9 Å². The van der Waals surface area contributed by atoms with Crippen LogP contribution in [0.5, 0.6) is 0 Å². The van der Waals surface area contributed by atoms with Crippen molar-refractivity contribution < 1.29 is 9.90 Å². The molecule has 0 fully saturated rings. The van der Waals surface area contributed by atoms with Crippen LogP contribution >= 0.6 is 11.8 Å². The molecule has 1 N–H and O–H groups in total. The molecule has 0 aliphatic rings. The molecule has 0 aliphatic heterocycles. The van der Waals surface area contributed by atoms with Gasteiger partial charge in [-0.15, -0.1) is 23.6 Å². The third-order valence-electron chi connectivity index (χ3n) is 2.26. The predicted molar refractivity (Wildman–Crippen MR) is 72.1 cm³/mol. The number of thioether (sulfide) groups is 1. The summed E-state index contributed by atoms with van der Waals surface area (Å²) in [6.07, 6.45) is 1.32. The molecule has 0 amide bonds. The number of hydrogen-bond acceptors (Lipinski definition) is 2. The molecule has 0 saturated heterocycles. The molecule has 0 radical (unpaired) electrons. The minimum absolute atomic E-state index is 0.379. The highest BCUT2D eigenvalue weighted by molar-refractivity contribution is 8.00. The molecular formula is C14H16O2S. The standard InChI is InChI=1S/C14H16O2S/c1-2-3-7-10-17-13(14(15)16)11-12-8-5-4-6-9-12/h4-6,8-9,13H,7,10-11H2,1H3,(H,15,16).